The van der Waals surface area contributed by atoms with Crippen molar-refractivity contribution in [3.8, 4) is 28.7 Å². The molecule has 0 saturated carbocycles. The van der Waals surface area contributed by atoms with Crippen LogP contribution in [0.25, 0.3) is 0 Å². The largest absolute Gasteiger partial charge is 0.504 e. The van der Waals surface area contributed by atoms with E-state index in [0.29, 0.717) is 29.4 Å². The summed E-state index contributed by atoms with van der Waals surface area (Å²) in [6.45, 7) is 0. The highest BCUT2D eigenvalue weighted by atomic mass is 16.5. The number of aliphatic hydroxyl groups is 1. The second kappa shape index (κ2) is 8.32. The summed E-state index contributed by atoms with van der Waals surface area (Å²) in [4.78, 5) is 0. The molecule has 2 aromatic carbocycles. The lowest BCUT2D eigenvalue weighted by molar-refractivity contribution is 0.151. The maximum atomic E-state index is 10.6. The minimum atomic E-state index is -0.323. The predicted octanol–water partition coefficient (Wildman–Crippen LogP) is 4.22. The Morgan fingerprint density at radius 2 is 1.81 bits per heavy atom. The predicted molar refractivity (Wildman–Crippen MR) is 99.6 cm³/mol. The van der Waals surface area contributed by atoms with E-state index in [-0.39, 0.29) is 11.9 Å². The highest BCUT2D eigenvalue weighted by molar-refractivity contribution is 5.57. The Kier molecular flexibility index (Phi) is 5.89. The Morgan fingerprint density at radius 3 is 2.58 bits per heavy atom. The van der Waals surface area contributed by atoms with Gasteiger partial charge in [-0.25, -0.2) is 0 Å². The van der Waals surface area contributed by atoms with Crippen molar-refractivity contribution >= 4 is 0 Å². The molecule has 0 aliphatic carbocycles. The van der Waals surface area contributed by atoms with Crippen LogP contribution in [-0.2, 0) is 12.8 Å². The molecule has 2 aliphatic rings. The van der Waals surface area contributed by atoms with Gasteiger partial charge in [-0.3, -0.25) is 0 Å². The Hall–Kier alpha value is -2.40. The minimum absolute atomic E-state index is 0.107. The van der Waals surface area contributed by atoms with Gasteiger partial charge in [-0.05, 0) is 61.4 Å². The van der Waals surface area contributed by atoms with Crippen molar-refractivity contribution in [1.82, 2.24) is 0 Å². The Balaban J connectivity index is 2.03. The second-order valence-electron chi connectivity index (χ2n) is 6.63. The molecule has 2 heterocycles. The van der Waals surface area contributed by atoms with E-state index < -0.39 is 0 Å². The summed E-state index contributed by atoms with van der Waals surface area (Å²) in [5, 5.41) is 20.8. The minimum Gasteiger partial charge on any atom is -0.504 e. The quantitative estimate of drug-likeness (QED) is 0.841. The molecule has 5 heteroatoms. The summed E-state index contributed by atoms with van der Waals surface area (Å²) < 4.78 is 16.8. The van der Waals surface area contributed by atoms with Crippen molar-refractivity contribution in [2.24, 2.45) is 0 Å². The monoisotopic (exact) mass is 358 g/mol. The van der Waals surface area contributed by atoms with Crippen LogP contribution in [0.2, 0.25) is 0 Å². The smallest absolute Gasteiger partial charge is 0.203 e. The van der Waals surface area contributed by atoms with Crippen LogP contribution in [0.5, 0.6) is 28.7 Å². The van der Waals surface area contributed by atoms with Crippen molar-refractivity contribution in [2.45, 2.75) is 44.6 Å². The molecular formula is C21H26O5. The van der Waals surface area contributed by atoms with Crippen LogP contribution in [0.15, 0.2) is 30.3 Å². The molecule has 2 N–H and O–H groups in total. The van der Waals surface area contributed by atoms with E-state index in [1.54, 1.807) is 7.11 Å². The van der Waals surface area contributed by atoms with Crippen LogP contribution in [0.3, 0.4) is 0 Å². The molecule has 0 saturated heterocycles. The van der Waals surface area contributed by atoms with Gasteiger partial charge in [-0.2, -0.15) is 0 Å². The summed E-state index contributed by atoms with van der Waals surface area (Å²) >= 11 is 0. The van der Waals surface area contributed by atoms with Crippen molar-refractivity contribution in [2.75, 3.05) is 14.2 Å². The topological polar surface area (TPSA) is 68.2 Å². The Bertz CT molecular complexity index is 756. The first-order valence-corrected chi connectivity index (χ1v) is 9.04. The molecule has 2 aromatic rings. The zero-order valence-electron chi connectivity index (χ0n) is 15.3. The van der Waals surface area contributed by atoms with E-state index in [1.165, 1.54) is 7.11 Å². The average Bonchev–Trinajstić information content (AvgIpc) is 2.65. The van der Waals surface area contributed by atoms with Crippen molar-refractivity contribution in [3.05, 3.63) is 41.5 Å². The van der Waals surface area contributed by atoms with E-state index in [1.807, 2.05) is 30.3 Å². The van der Waals surface area contributed by atoms with Crippen molar-refractivity contribution in [3.63, 3.8) is 0 Å². The first-order valence-electron chi connectivity index (χ1n) is 9.04. The molecule has 1 unspecified atom stereocenters. The Labute approximate surface area is 154 Å². The van der Waals surface area contributed by atoms with Gasteiger partial charge in [-0.1, -0.05) is 18.6 Å². The second-order valence-corrected chi connectivity index (χ2v) is 6.63. The van der Waals surface area contributed by atoms with E-state index >= 15 is 0 Å². The lowest BCUT2D eigenvalue weighted by atomic mass is 10.0. The summed E-state index contributed by atoms with van der Waals surface area (Å²) in [5.41, 5.74) is 1.88. The summed E-state index contributed by atoms with van der Waals surface area (Å²) in [6.07, 6.45) is 4.45. The number of methoxy groups -OCH3 is 2. The molecule has 0 fully saturated rings. The molecule has 4 bridgehead atoms. The van der Waals surface area contributed by atoms with Gasteiger partial charge in [0, 0.05) is 0 Å². The lowest BCUT2D eigenvalue weighted by Gasteiger charge is -2.16. The molecule has 1 atom stereocenters. The van der Waals surface area contributed by atoms with Crippen molar-refractivity contribution in [1.29, 1.82) is 0 Å². The number of benzene rings is 2. The summed E-state index contributed by atoms with van der Waals surface area (Å²) in [6, 6.07) is 9.42. The standard InChI is InChI=1S/C21H26O5/c1-24-17-11-8-14-7-10-16(22)6-4-3-5-15-9-12-18(26-19(17)13-14)21(25-2)20(15)23/h8-9,11-13,16,22-23H,3-7,10H2,1-2H3. The molecule has 0 aromatic heterocycles. The highest BCUT2D eigenvalue weighted by Crippen LogP contribution is 2.43. The first kappa shape index (κ1) is 18.4. The zero-order valence-corrected chi connectivity index (χ0v) is 15.3. The Morgan fingerprint density at radius 1 is 0.962 bits per heavy atom. The number of aliphatic hydroxyl groups excluding tert-OH is 1. The van der Waals surface area contributed by atoms with E-state index in [2.05, 4.69) is 0 Å². The number of fused-ring (bicyclic) bond motifs is 8. The number of ether oxygens (including phenoxy) is 3. The summed E-state index contributed by atoms with van der Waals surface area (Å²) in [5.74, 6) is 2.03. The molecule has 0 amide bonds. The van der Waals surface area contributed by atoms with Gasteiger partial charge in [0.2, 0.25) is 5.75 Å². The maximum absolute atomic E-state index is 10.6. The van der Waals surface area contributed by atoms with Crippen LogP contribution in [0, 0.1) is 0 Å². The average molecular weight is 358 g/mol. The fourth-order valence-electron chi connectivity index (χ4n) is 3.32. The lowest BCUT2D eigenvalue weighted by Crippen LogP contribution is -2.08. The molecule has 5 nitrogen and oxygen atoms in total. The zero-order chi connectivity index (χ0) is 18.5. The molecule has 2 aliphatic heterocycles. The number of aryl methyl sites for hydroxylation is 2. The van der Waals surface area contributed by atoms with Crippen LogP contribution in [0.1, 0.15) is 36.8 Å². The number of phenols is 1. The third kappa shape index (κ3) is 4.05. The number of hydrogen-bond donors (Lipinski definition) is 2. The number of phenolic OH excluding ortho intramolecular Hbond substituents is 1. The molecule has 26 heavy (non-hydrogen) atoms. The van der Waals surface area contributed by atoms with Gasteiger partial charge >= 0.3 is 0 Å². The van der Waals surface area contributed by atoms with Crippen LogP contribution in [-0.4, -0.2) is 30.5 Å². The molecule has 140 valence electrons. The highest BCUT2D eigenvalue weighted by Gasteiger charge is 2.18. The van der Waals surface area contributed by atoms with Crippen LogP contribution in [0.4, 0.5) is 0 Å². The molecule has 4 rings (SSSR count). The third-order valence-electron chi connectivity index (χ3n) is 4.83. The fourth-order valence-corrected chi connectivity index (χ4v) is 3.32. The molecule has 0 radical (unpaired) electrons. The van der Waals surface area contributed by atoms with Crippen LogP contribution < -0.4 is 14.2 Å². The van der Waals surface area contributed by atoms with E-state index in [4.69, 9.17) is 14.2 Å². The van der Waals surface area contributed by atoms with Gasteiger partial charge in [-0.15, -0.1) is 0 Å². The number of hydrogen-bond acceptors (Lipinski definition) is 5. The summed E-state index contributed by atoms with van der Waals surface area (Å²) in [7, 11) is 3.11. The van der Waals surface area contributed by atoms with E-state index in [0.717, 1.165) is 43.2 Å². The molecule has 0 spiro atoms. The van der Waals surface area contributed by atoms with E-state index in [9.17, 15) is 10.2 Å². The number of aromatic hydroxyl groups is 1. The van der Waals surface area contributed by atoms with Gasteiger partial charge in [0.05, 0.1) is 20.3 Å². The van der Waals surface area contributed by atoms with Gasteiger partial charge in [0.25, 0.3) is 0 Å². The van der Waals surface area contributed by atoms with Gasteiger partial charge in [0.15, 0.2) is 23.0 Å². The normalized spacial score (nSPS) is 17.7. The van der Waals surface area contributed by atoms with Crippen LogP contribution >= 0.6 is 0 Å². The SMILES string of the molecule is COc1ccc2cc1Oc1ccc(c(O)c1OC)CCCCC(O)CC2. The molecular weight excluding hydrogens is 332 g/mol. The van der Waals surface area contributed by atoms with Gasteiger partial charge in [0.1, 0.15) is 0 Å². The third-order valence-corrected chi connectivity index (χ3v) is 4.83. The number of rotatable bonds is 2. The van der Waals surface area contributed by atoms with Crippen molar-refractivity contribution < 1.29 is 24.4 Å². The fraction of sp³-hybridized carbons (Fsp3) is 0.429. The first-order chi connectivity index (χ1) is 12.6. The maximum Gasteiger partial charge on any atom is 0.203 e. The van der Waals surface area contributed by atoms with Gasteiger partial charge < -0.3 is 24.4 Å².